The number of benzene rings is 3. The van der Waals surface area contributed by atoms with Gasteiger partial charge in [0.05, 0.1) is 11.8 Å². The van der Waals surface area contributed by atoms with Gasteiger partial charge in [0.2, 0.25) is 10.9 Å². The standard InChI is InChI=1S/C28H21FO5S/c1-5-33-27(31)18-6-9-21-22-10-8-20(14-24(22)16(3)23(21)13-18)35-28(32)19-7-11-25(15(2)12-19)34-26(30)17(4)29/h5-14,16H,1,4H2,2-3H3. The first-order valence-electron chi connectivity index (χ1n) is 10.7. The van der Waals surface area contributed by atoms with E-state index in [1.165, 1.54) is 12.1 Å². The van der Waals surface area contributed by atoms with E-state index in [9.17, 15) is 18.8 Å². The van der Waals surface area contributed by atoms with E-state index in [-0.39, 0.29) is 16.8 Å². The molecule has 3 aromatic carbocycles. The highest BCUT2D eigenvalue weighted by molar-refractivity contribution is 8.14. The van der Waals surface area contributed by atoms with Gasteiger partial charge in [0, 0.05) is 16.4 Å². The molecule has 176 valence electrons. The minimum Gasteiger partial charge on any atom is -0.432 e. The van der Waals surface area contributed by atoms with Crippen LogP contribution in [0.25, 0.3) is 11.1 Å². The second-order valence-electron chi connectivity index (χ2n) is 8.01. The van der Waals surface area contributed by atoms with E-state index in [0.717, 1.165) is 45.2 Å². The molecule has 1 unspecified atom stereocenters. The van der Waals surface area contributed by atoms with Crippen molar-refractivity contribution in [2.45, 2.75) is 24.7 Å². The Morgan fingerprint density at radius 3 is 2.29 bits per heavy atom. The lowest BCUT2D eigenvalue weighted by Gasteiger charge is -2.10. The number of carbonyl (C=O) groups is 3. The monoisotopic (exact) mass is 488 g/mol. The first kappa shape index (κ1) is 24.2. The predicted molar refractivity (Wildman–Crippen MR) is 132 cm³/mol. The minimum absolute atomic E-state index is 0.0357. The maximum Gasteiger partial charge on any atom is 0.371 e. The first-order valence-corrected chi connectivity index (χ1v) is 11.5. The van der Waals surface area contributed by atoms with E-state index < -0.39 is 17.8 Å². The zero-order valence-electron chi connectivity index (χ0n) is 19.1. The summed E-state index contributed by atoms with van der Waals surface area (Å²) in [5.41, 5.74) is 5.59. The quantitative estimate of drug-likeness (QED) is 0.126. The van der Waals surface area contributed by atoms with E-state index in [4.69, 9.17) is 9.47 Å². The lowest BCUT2D eigenvalue weighted by molar-refractivity contribution is -0.131. The van der Waals surface area contributed by atoms with Crippen LogP contribution in [0.4, 0.5) is 4.39 Å². The van der Waals surface area contributed by atoms with Crippen LogP contribution < -0.4 is 4.74 Å². The average molecular weight is 489 g/mol. The van der Waals surface area contributed by atoms with Crippen LogP contribution in [0.5, 0.6) is 5.75 Å². The normalized spacial score (nSPS) is 13.4. The van der Waals surface area contributed by atoms with Crippen LogP contribution >= 0.6 is 11.8 Å². The van der Waals surface area contributed by atoms with Crippen LogP contribution in [0, 0.1) is 6.92 Å². The van der Waals surface area contributed by atoms with E-state index in [2.05, 4.69) is 20.1 Å². The van der Waals surface area contributed by atoms with Crippen LogP contribution in [-0.4, -0.2) is 17.1 Å². The molecule has 0 amide bonds. The second kappa shape index (κ2) is 9.72. The average Bonchev–Trinajstić information content (AvgIpc) is 3.11. The van der Waals surface area contributed by atoms with Gasteiger partial charge in [0.15, 0.2) is 0 Å². The van der Waals surface area contributed by atoms with Gasteiger partial charge in [-0.15, -0.1) is 0 Å². The molecule has 4 rings (SSSR count). The van der Waals surface area contributed by atoms with E-state index in [1.807, 2.05) is 30.3 Å². The Morgan fingerprint density at radius 1 is 0.971 bits per heavy atom. The molecule has 1 atom stereocenters. The number of esters is 2. The summed E-state index contributed by atoms with van der Waals surface area (Å²) >= 11 is 1.09. The Labute approximate surface area is 206 Å². The lowest BCUT2D eigenvalue weighted by Crippen LogP contribution is -2.08. The van der Waals surface area contributed by atoms with Gasteiger partial charge < -0.3 is 9.47 Å². The fourth-order valence-corrected chi connectivity index (χ4v) is 4.81. The molecular weight excluding hydrogens is 467 g/mol. The molecule has 0 heterocycles. The minimum atomic E-state index is -1.19. The van der Waals surface area contributed by atoms with Crippen molar-refractivity contribution in [3.8, 4) is 16.9 Å². The maximum absolute atomic E-state index is 12.9. The first-order chi connectivity index (χ1) is 16.7. The van der Waals surface area contributed by atoms with Crippen molar-refractivity contribution >= 4 is 28.8 Å². The van der Waals surface area contributed by atoms with Gasteiger partial charge in [-0.2, -0.15) is 4.39 Å². The molecule has 0 aromatic heterocycles. The summed E-state index contributed by atoms with van der Waals surface area (Å²) in [6, 6.07) is 15.9. The highest BCUT2D eigenvalue weighted by Gasteiger charge is 2.27. The van der Waals surface area contributed by atoms with E-state index >= 15 is 0 Å². The van der Waals surface area contributed by atoms with E-state index in [0.29, 0.717) is 16.7 Å². The number of fused-ring (bicyclic) bond motifs is 3. The number of hydrogen-bond acceptors (Lipinski definition) is 6. The molecule has 0 fully saturated rings. The Morgan fingerprint density at radius 2 is 1.63 bits per heavy atom. The Balaban J connectivity index is 1.53. The molecule has 0 N–H and O–H groups in total. The maximum atomic E-state index is 12.9. The third-order valence-corrected chi connectivity index (χ3v) is 6.68. The highest BCUT2D eigenvalue weighted by Crippen LogP contribution is 2.46. The molecule has 5 nitrogen and oxygen atoms in total. The van der Waals surface area contributed by atoms with Crippen molar-refractivity contribution in [2.75, 3.05) is 0 Å². The van der Waals surface area contributed by atoms with Crippen LogP contribution in [0.3, 0.4) is 0 Å². The van der Waals surface area contributed by atoms with Gasteiger partial charge in [-0.25, -0.2) is 9.59 Å². The SMILES string of the molecule is C=COC(=O)c1ccc2c(c1)C(C)c1cc(SC(=O)c3ccc(OC(=O)C(=C)F)c(C)c3)ccc1-2. The van der Waals surface area contributed by atoms with Crippen molar-refractivity contribution < 1.29 is 28.2 Å². The lowest BCUT2D eigenvalue weighted by atomic mass is 9.98. The van der Waals surface area contributed by atoms with Gasteiger partial charge in [0.1, 0.15) is 5.75 Å². The van der Waals surface area contributed by atoms with Crippen molar-refractivity contribution in [3.63, 3.8) is 0 Å². The summed E-state index contributed by atoms with van der Waals surface area (Å²) in [4.78, 5) is 37.2. The molecule has 0 saturated heterocycles. The molecule has 0 aliphatic heterocycles. The van der Waals surface area contributed by atoms with Crippen molar-refractivity contribution in [1.29, 1.82) is 0 Å². The third-order valence-electron chi connectivity index (χ3n) is 5.77. The molecular formula is C28H21FO5S. The summed E-state index contributed by atoms with van der Waals surface area (Å²) in [6.45, 7) is 10.1. The summed E-state index contributed by atoms with van der Waals surface area (Å²) in [5.74, 6) is -2.62. The zero-order chi connectivity index (χ0) is 25.3. The van der Waals surface area contributed by atoms with E-state index in [1.54, 1.807) is 19.1 Å². The number of hydrogen-bond donors (Lipinski definition) is 0. The predicted octanol–water partition coefficient (Wildman–Crippen LogP) is 6.75. The zero-order valence-corrected chi connectivity index (χ0v) is 19.9. The van der Waals surface area contributed by atoms with Crippen LogP contribution in [0.15, 0.2) is 84.7 Å². The molecule has 7 heteroatoms. The Hall–Kier alpha value is -3.97. The van der Waals surface area contributed by atoms with Crippen molar-refractivity contribution in [3.05, 3.63) is 108 Å². The van der Waals surface area contributed by atoms with Gasteiger partial charge in [0.25, 0.3) is 0 Å². The number of carbonyl (C=O) groups excluding carboxylic acids is 3. The summed E-state index contributed by atoms with van der Waals surface area (Å²) < 4.78 is 22.7. The molecule has 0 bridgehead atoms. The third kappa shape index (κ3) is 4.81. The van der Waals surface area contributed by atoms with Crippen LogP contribution in [0.2, 0.25) is 0 Å². The van der Waals surface area contributed by atoms with Crippen molar-refractivity contribution in [2.24, 2.45) is 0 Å². The summed E-state index contributed by atoms with van der Waals surface area (Å²) in [6.07, 6.45) is 1.11. The summed E-state index contributed by atoms with van der Waals surface area (Å²) in [7, 11) is 0. The number of ether oxygens (including phenoxy) is 2. The number of halogens is 1. The smallest absolute Gasteiger partial charge is 0.371 e. The van der Waals surface area contributed by atoms with Crippen molar-refractivity contribution in [1.82, 2.24) is 0 Å². The molecule has 0 saturated carbocycles. The van der Waals surface area contributed by atoms with Gasteiger partial charge in [-0.05, 0) is 89.0 Å². The number of aryl methyl sites for hydroxylation is 1. The van der Waals surface area contributed by atoms with Gasteiger partial charge >= 0.3 is 11.9 Å². The molecule has 0 radical (unpaired) electrons. The van der Waals surface area contributed by atoms with Crippen LogP contribution in [-0.2, 0) is 9.53 Å². The number of rotatable bonds is 6. The second-order valence-corrected chi connectivity index (χ2v) is 9.06. The topological polar surface area (TPSA) is 69.7 Å². The fraction of sp³-hybridized carbons (Fsp3) is 0.107. The van der Waals surface area contributed by atoms with Gasteiger partial charge in [-0.1, -0.05) is 32.2 Å². The fourth-order valence-electron chi connectivity index (χ4n) is 4.02. The number of thioether (sulfide) groups is 1. The molecule has 1 aliphatic rings. The highest BCUT2D eigenvalue weighted by atomic mass is 32.2. The molecule has 0 spiro atoms. The largest absolute Gasteiger partial charge is 0.432 e. The molecule has 35 heavy (non-hydrogen) atoms. The summed E-state index contributed by atoms with van der Waals surface area (Å²) in [5, 5.41) is -0.182. The molecule has 1 aliphatic carbocycles. The Kier molecular flexibility index (Phi) is 6.71. The van der Waals surface area contributed by atoms with Gasteiger partial charge in [-0.3, -0.25) is 4.79 Å². The van der Waals surface area contributed by atoms with Crippen LogP contribution in [0.1, 0.15) is 50.2 Å². The Bertz CT molecular complexity index is 1410. The molecule has 3 aromatic rings.